The van der Waals surface area contributed by atoms with Gasteiger partial charge in [-0.05, 0) is 23.6 Å². The molecule has 1 spiro atoms. The van der Waals surface area contributed by atoms with Gasteiger partial charge in [-0.25, -0.2) is 13.4 Å². The van der Waals surface area contributed by atoms with Crippen LogP contribution >= 0.6 is 11.3 Å². The van der Waals surface area contributed by atoms with Gasteiger partial charge in [0.25, 0.3) is 10.0 Å². The van der Waals surface area contributed by atoms with Crippen LogP contribution in [0.3, 0.4) is 0 Å². The Morgan fingerprint density at radius 3 is 2.52 bits per heavy atom. The number of piperidine rings is 1. The quantitative estimate of drug-likeness (QED) is 0.875. The van der Waals surface area contributed by atoms with Gasteiger partial charge in [0.2, 0.25) is 0 Å². The maximum atomic E-state index is 12.2. The number of anilines is 2. The maximum Gasteiger partial charge on any atom is 0.272 e. The Balaban J connectivity index is 1.41. The molecule has 0 bridgehead atoms. The number of thiophene rings is 1. The molecule has 4 rings (SSSR count). The van der Waals surface area contributed by atoms with E-state index in [0.29, 0.717) is 19.0 Å². The van der Waals surface area contributed by atoms with Crippen molar-refractivity contribution in [3.63, 3.8) is 0 Å². The van der Waals surface area contributed by atoms with Gasteiger partial charge in [0.05, 0.1) is 25.1 Å². The van der Waals surface area contributed by atoms with Gasteiger partial charge in [-0.15, -0.1) is 11.3 Å². The van der Waals surface area contributed by atoms with E-state index < -0.39 is 15.8 Å². The van der Waals surface area contributed by atoms with Crippen molar-refractivity contribution in [1.29, 1.82) is 0 Å². The van der Waals surface area contributed by atoms with Crippen LogP contribution in [0.2, 0.25) is 0 Å². The van der Waals surface area contributed by atoms with Crippen LogP contribution < -0.4 is 9.62 Å². The molecule has 0 aliphatic carbocycles. The fourth-order valence-corrected chi connectivity index (χ4v) is 5.13. The second-order valence-electron chi connectivity index (χ2n) is 6.03. The van der Waals surface area contributed by atoms with Gasteiger partial charge in [0, 0.05) is 25.9 Å². The van der Waals surface area contributed by atoms with Crippen molar-refractivity contribution in [3.05, 3.63) is 35.8 Å². The van der Waals surface area contributed by atoms with Gasteiger partial charge in [-0.2, -0.15) is 0 Å². The van der Waals surface area contributed by atoms with E-state index in [9.17, 15) is 8.42 Å². The van der Waals surface area contributed by atoms with Crippen molar-refractivity contribution in [2.75, 3.05) is 35.9 Å². The van der Waals surface area contributed by atoms with E-state index in [1.165, 1.54) is 11.3 Å². The van der Waals surface area contributed by atoms with Gasteiger partial charge >= 0.3 is 0 Å². The minimum absolute atomic E-state index is 0.274. The predicted octanol–water partition coefficient (Wildman–Crippen LogP) is 2.29. The number of nitrogens with one attached hydrogen (secondary N) is 1. The second-order valence-corrected chi connectivity index (χ2v) is 8.89. The first-order valence-corrected chi connectivity index (χ1v) is 10.5. The normalized spacial score (nSPS) is 20.1. The fraction of sp³-hybridized carbons (Fsp3) is 0.438. The van der Waals surface area contributed by atoms with Crippen LogP contribution in [-0.4, -0.2) is 45.5 Å². The van der Waals surface area contributed by atoms with Crippen LogP contribution in [0, 0.1) is 0 Å². The Morgan fingerprint density at radius 1 is 1.16 bits per heavy atom. The molecule has 0 unspecified atom stereocenters. The van der Waals surface area contributed by atoms with Crippen LogP contribution in [0.1, 0.15) is 12.8 Å². The van der Waals surface area contributed by atoms with E-state index in [0.717, 1.165) is 31.6 Å². The van der Waals surface area contributed by atoms with Crippen LogP contribution in [0.15, 0.2) is 40.1 Å². The zero-order valence-corrected chi connectivity index (χ0v) is 15.2. The van der Waals surface area contributed by atoms with Gasteiger partial charge in [0.1, 0.15) is 10.0 Å². The lowest BCUT2D eigenvalue weighted by atomic mass is 10.0. The number of rotatable bonds is 4. The Hall–Kier alpha value is -1.68. The van der Waals surface area contributed by atoms with Crippen molar-refractivity contribution < 1.29 is 17.9 Å². The monoisotopic (exact) mass is 381 g/mol. The third kappa shape index (κ3) is 3.50. The molecule has 134 valence electrons. The average Bonchev–Trinajstić information content (AvgIpc) is 3.29. The van der Waals surface area contributed by atoms with Crippen molar-refractivity contribution in [3.8, 4) is 0 Å². The summed E-state index contributed by atoms with van der Waals surface area (Å²) in [6.45, 7) is 2.98. The van der Waals surface area contributed by atoms with Crippen LogP contribution in [-0.2, 0) is 19.5 Å². The van der Waals surface area contributed by atoms with E-state index in [1.54, 1.807) is 29.8 Å². The SMILES string of the molecule is O=S(=O)(Nc1ccc(N2CCC3(CC2)OCCO3)cn1)c1cccs1. The lowest BCUT2D eigenvalue weighted by Crippen LogP contribution is -2.45. The van der Waals surface area contributed by atoms with Crippen molar-refractivity contribution in [1.82, 2.24) is 4.98 Å². The summed E-state index contributed by atoms with van der Waals surface area (Å²) < 4.78 is 38.7. The summed E-state index contributed by atoms with van der Waals surface area (Å²) in [4.78, 5) is 6.46. The van der Waals surface area contributed by atoms with Gasteiger partial charge in [-0.3, -0.25) is 4.72 Å². The summed E-state index contributed by atoms with van der Waals surface area (Å²) in [5, 5.41) is 1.73. The first kappa shape index (κ1) is 16.8. The van der Waals surface area contributed by atoms with Gasteiger partial charge in [0.15, 0.2) is 5.79 Å². The third-order valence-corrected chi connectivity index (χ3v) is 7.20. The number of aromatic nitrogens is 1. The fourth-order valence-electron chi connectivity index (χ4n) is 3.13. The highest BCUT2D eigenvalue weighted by atomic mass is 32.2. The molecule has 7 nitrogen and oxygen atoms in total. The number of nitrogens with zero attached hydrogens (tertiary/aromatic N) is 2. The molecular formula is C16H19N3O4S2. The molecule has 9 heteroatoms. The summed E-state index contributed by atoms with van der Waals surface area (Å²) in [6.07, 6.45) is 3.33. The third-order valence-electron chi connectivity index (χ3n) is 4.45. The summed E-state index contributed by atoms with van der Waals surface area (Å²) in [5.74, 6) is -0.0895. The van der Waals surface area contributed by atoms with Crippen LogP contribution in [0.4, 0.5) is 11.5 Å². The first-order valence-electron chi connectivity index (χ1n) is 8.12. The minimum Gasteiger partial charge on any atom is -0.370 e. The average molecular weight is 381 g/mol. The molecule has 25 heavy (non-hydrogen) atoms. The molecule has 2 aromatic heterocycles. The lowest BCUT2D eigenvalue weighted by Gasteiger charge is -2.38. The molecular weight excluding hydrogens is 362 g/mol. The molecule has 2 fully saturated rings. The van der Waals surface area contributed by atoms with Gasteiger partial charge < -0.3 is 14.4 Å². The first-order chi connectivity index (χ1) is 12.1. The highest BCUT2D eigenvalue weighted by Crippen LogP contribution is 2.33. The highest BCUT2D eigenvalue weighted by Gasteiger charge is 2.39. The Kier molecular flexibility index (Phi) is 4.40. The topological polar surface area (TPSA) is 80.8 Å². The van der Waals surface area contributed by atoms with Crippen molar-refractivity contribution >= 4 is 32.9 Å². The summed E-state index contributed by atoms with van der Waals surface area (Å²) in [5.41, 5.74) is 0.965. The van der Waals surface area contributed by atoms with E-state index in [1.807, 2.05) is 6.07 Å². The smallest absolute Gasteiger partial charge is 0.272 e. The molecule has 0 radical (unpaired) electrons. The van der Waals surface area contributed by atoms with Gasteiger partial charge in [-0.1, -0.05) is 6.07 Å². The van der Waals surface area contributed by atoms with Crippen LogP contribution in [0.5, 0.6) is 0 Å². The van der Waals surface area contributed by atoms with E-state index in [2.05, 4.69) is 14.6 Å². The van der Waals surface area contributed by atoms with Crippen LogP contribution in [0.25, 0.3) is 0 Å². The minimum atomic E-state index is -3.56. The van der Waals surface area contributed by atoms with E-state index in [-0.39, 0.29) is 4.21 Å². The highest BCUT2D eigenvalue weighted by molar-refractivity contribution is 7.94. The number of hydrogen-bond acceptors (Lipinski definition) is 7. The molecule has 0 saturated carbocycles. The number of hydrogen-bond donors (Lipinski definition) is 1. The van der Waals surface area contributed by atoms with Crippen molar-refractivity contribution in [2.45, 2.75) is 22.8 Å². The zero-order valence-electron chi connectivity index (χ0n) is 13.6. The van der Waals surface area contributed by atoms with E-state index in [4.69, 9.17) is 9.47 Å². The summed E-state index contributed by atoms with van der Waals surface area (Å²) >= 11 is 1.17. The number of sulfonamides is 1. The molecule has 0 atom stereocenters. The number of ether oxygens (including phenoxy) is 2. The summed E-state index contributed by atoms with van der Waals surface area (Å²) in [6, 6.07) is 6.84. The summed E-state index contributed by atoms with van der Waals surface area (Å²) in [7, 11) is -3.56. The largest absolute Gasteiger partial charge is 0.370 e. The Morgan fingerprint density at radius 2 is 1.92 bits per heavy atom. The van der Waals surface area contributed by atoms with Crippen molar-refractivity contribution in [2.24, 2.45) is 0 Å². The Bertz CT molecular complexity index is 806. The lowest BCUT2D eigenvalue weighted by molar-refractivity contribution is -0.169. The molecule has 0 amide bonds. The molecule has 0 aromatic carbocycles. The molecule has 2 aliphatic rings. The molecule has 2 aliphatic heterocycles. The maximum absolute atomic E-state index is 12.2. The zero-order chi connectivity index (χ0) is 17.3. The second kappa shape index (κ2) is 6.56. The molecule has 1 N–H and O–H groups in total. The molecule has 2 aromatic rings. The Labute approximate surface area is 150 Å². The van der Waals surface area contributed by atoms with E-state index >= 15 is 0 Å². The standard InChI is InChI=1S/C16H19N3O4S2/c20-25(21,15-2-1-11-24-15)18-14-4-3-13(12-17-14)19-7-5-16(6-8-19)22-9-10-23-16/h1-4,11-12H,5-10H2,(H,17,18). The predicted molar refractivity (Wildman–Crippen MR) is 95.4 cm³/mol. The molecule has 4 heterocycles. The number of pyridine rings is 1. The molecule has 2 saturated heterocycles.